The molecule has 0 rings (SSSR count). The van der Waals surface area contributed by atoms with Gasteiger partial charge in [-0.15, -0.1) is 0 Å². The van der Waals surface area contributed by atoms with Crippen LogP contribution in [0.15, 0.2) is 0 Å². The van der Waals surface area contributed by atoms with Crippen LogP contribution in [0.5, 0.6) is 0 Å². The van der Waals surface area contributed by atoms with Crippen molar-refractivity contribution in [1.29, 1.82) is 0 Å². The van der Waals surface area contributed by atoms with Gasteiger partial charge in [-0.3, -0.25) is 0 Å². The van der Waals surface area contributed by atoms with Crippen molar-refractivity contribution >= 4 is 6.29 Å². The summed E-state index contributed by atoms with van der Waals surface area (Å²) in [6.07, 6.45) is 0.563. The lowest BCUT2D eigenvalue weighted by Gasteiger charge is -2.13. The van der Waals surface area contributed by atoms with E-state index in [1.165, 1.54) is 0 Å². The molecule has 0 unspecified atom stereocenters. The van der Waals surface area contributed by atoms with Gasteiger partial charge in [0.2, 0.25) is 0 Å². The molecule has 0 spiro atoms. The SMILES string of the molecule is COCC(COC)OCC=O. The van der Waals surface area contributed by atoms with Crippen LogP contribution in [0.3, 0.4) is 0 Å². The number of hydrogen-bond donors (Lipinski definition) is 0. The lowest BCUT2D eigenvalue weighted by molar-refractivity contribution is -0.116. The van der Waals surface area contributed by atoms with Gasteiger partial charge in [-0.1, -0.05) is 0 Å². The molecule has 0 aromatic carbocycles. The fraction of sp³-hybridized carbons (Fsp3) is 0.857. The third kappa shape index (κ3) is 5.97. The largest absolute Gasteiger partial charge is 0.382 e. The van der Waals surface area contributed by atoms with Crippen LogP contribution in [0.2, 0.25) is 0 Å². The number of carbonyl (C=O) groups is 1. The summed E-state index contributed by atoms with van der Waals surface area (Å²) < 4.78 is 14.7. The molecule has 0 saturated carbocycles. The Labute approximate surface area is 66.4 Å². The summed E-state index contributed by atoms with van der Waals surface area (Å²) in [4.78, 5) is 9.91. The van der Waals surface area contributed by atoms with Gasteiger partial charge >= 0.3 is 0 Å². The fourth-order valence-corrected chi connectivity index (χ4v) is 0.691. The summed E-state index contributed by atoms with van der Waals surface area (Å²) in [6.45, 7) is 0.987. The van der Waals surface area contributed by atoms with Gasteiger partial charge < -0.3 is 19.0 Å². The van der Waals surface area contributed by atoms with Crippen LogP contribution in [-0.4, -0.2) is 46.4 Å². The van der Waals surface area contributed by atoms with Gasteiger partial charge in [0, 0.05) is 14.2 Å². The van der Waals surface area contributed by atoms with Crippen LogP contribution in [0.4, 0.5) is 0 Å². The minimum Gasteiger partial charge on any atom is -0.382 e. The molecule has 0 atom stereocenters. The van der Waals surface area contributed by atoms with E-state index < -0.39 is 0 Å². The van der Waals surface area contributed by atoms with Crippen molar-refractivity contribution in [2.75, 3.05) is 34.0 Å². The standard InChI is InChI=1S/C7H14O4/c1-9-5-7(6-10-2)11-4-3-8/h3,7H,4-6H2,1-2H3. The maximum atomic E-state index is 9.91. The molecule has 4 nitrogen and oxygen atoms in total. The molecule has 0 aromatic heterocycles. The molecule has 0 heterocycles. The Balaban J connectivity index is 3.41. The number of hydrogen-bond acceptors (Lipinski definition) is 4. The number of rotatable bonds is 7. The lowest BCUT2D eigenvalue weighted by Crippen LogP contribution is -2.25. The zero-order valence-corrected chi connectivity index (χ0v) is 6.91. The number of carbonyl (C=O) groups excluding carboxylic acids is 1. The second-order valence-corrected chi connectivity index (χ2v) is 2.03. The smallest absolute Gasteiger partial charge is 0.145 e. The molecular weight excluding hydrogens is 148 g/mol. The molecule has 11 heavy (non-hydrogen) atoms. The predicted octanol–water partition coefficient (Wildman–Crippen LogP) is -0.137. The highest BCUT2D eigenvalue weighted by atomic mass is 16.6. The van der Waals surface area contributed by atoms with Gasteiger partial charge in [0.05, 0.1) is 13.2 Å². The van der Waals surface area contributed by atoms with Crippen LogP contribution in [0.1, 0.15) is 0 Å². The fourth-order valence-electron chi connectivity index (χ4n) is 0.691. The van der Waals surface area contributed by atoms with E-state index in [1.807, 2.05) is 0 Å². The molecule has 0 N–H and O–H groups in total. The number of aldehydes is 1. The molecule has 0 saturated heterocycles. The molecular formula is C7H14O4. The van der Waals surface area contributed by atoms with Crippen molar-refractivity contribution in [1.82, 2.24) is 0 Å². The average Bonchev–Trinajstić information content (AvgIpc) is 2.01. The normalized spacial score (nSPS) is 10.5. The molecule has 0 fully saturated rings. The molecule has 0 aliphatic heterocycles. The quantitative estimate of drug-likeness (QED) is 0.489. The van der Waals surface area contributed by atoms with Crippen LogP contribution >= 0.6 is 0 Å². The summed E-state index contributed by atoms with van der Waals surface area (Å²) in [7, 11) is 3.15. The Kier molecular flexibility index (Phi) is 7.34. The summed E-state index contributed by atoms with van der Waals surface area (Å²) in [6, 6.07) is 0. The first-order valence-corrected chi connectivity index (χ1v) is 3.38. The van der Waals surface area contributed by atoms with Crippen molar-refractivity contribution in [3.05, 3.63) is 0 Å². The first kappa shape index (κ1) is 10.6. The summed E-state index contributed by atoms with van der Waals surface area (Å²) in [5.74, 6) is 0. The van der Waals surface area contributed by atoms with Gasteiger partial charge in [0.25, 0.3) is 0 Å². The third-order valence-electron chi connectivity index (χ3n) is 1.11. The van der Waals surface area contributed by atoms with Gasteiger partial charge in [0.15, 0.2) is 0 Å². The zero-order valence-electron chi connectivity index (χ0n) is 6.91. The molecule has 0 radical (unpaired) electrons. The minimum absolute atomic E-state index is 0.0946. The summed E-state index contributed by atoms with van der Waals surface area (Å²) in [5, 5.41) is 0. The van der Waals surface area contributed by atoms with E-state index in [1.54, 1.807) is 14.2 Å². The molecule has 0 bridgehead atoms. The highest BCUT2D eigenvalue weighted by Gasteiger charge is 2.06. The molecule has 4 heteroatoms. The van der Waals surface area contributed by atoms with E-state index in [4.69, 9.17) is 14.2 Å². The van der Waals surface area contributed by atoms with Crippen LogP contribution in [0.25, 0.3) is 0 Å². The highest BCUT2D eigenvalue weighted by Crippen LogP contribution is 1.92. The Hall–Kier alpha value is -0.450. The van der Waals surface area contributed by atoms with Gasteiger partial charge in [-0.25, -0.2) is 0 Å². The molecule has 66 valence electrons. The van der Waals surface area contributed by atoms with Crippen LogP contribution < -0.4 is 0 Å². The Bertz CT molecular complexity index is 88.4. The van der Waals surface area contributed by atoms with E-state index in [0.29, 0.717) is 19.5 Å². The van der Waals surface area contributed by atoms with Crippen LogP contribution in [-0.2, 0) is 19.0 Å². The minimum atomic E-state index is -0.143. The van der Waals surface area contributed by atoms with E-state index >= 15 is 0 Å². The Morgan fingerprint density at radius 3 is 2.18 bits per heavy atom. The van der Waals surface area contributed by atoms with Crippen LogP contribution in [0, 0.1) is 0 Å². The van der Waals surface area contributed by atoms with Crippen molar-refractivity contribution in [3.63, 3.8) is 0 Å². The van der Waals surface area contributed by atoms with Crippen molar-refractivity contribution in [2.24, 2.45) is 0 Å². The monoisotopic (exact) mass is 162 g/mol. The molecule has 0 aliphatic rings. The van der Waals surface area contributed by atoms with E-state index in [9.17, 15) is 4.79 Å². The topological polar surface area (TPSA) is 44.8 Å². The van der Waals surface area contributed by atoms with Crippen molar-refractivity contribution < 1.29 is 19.0 Å². The summed E-state index contributed by atoms with van der Waals surface area (Å²) in [5.41, 5.74) is 0. The van der Waals surface area contributed by atoms with Gasteiger partial charge in [-0.2, -0.15) is 0 Å². The van der Waals surface area contributed by atoms with Crippen molar-refractivity contribution in [2.45, 2.75) is 6.10 Å². The first-order valence-electron chi connectivity index (χ1n) is 3.38. The average molecular weight is 162 g/mol. The second kappa shape index (κ2) is 7.65. The predicted molar refractivity (Wildman–Crippen MR) is 39.6 cm³/mol. The van der Waals surface area contributed by atoms with E-state index in [0.717, 1.165) is 0 Å². The van der Waals surface area contributed by atoms with E-state index in [2.05, 4.69) is 0 Å². The highest BCUT2D eigenvalue weighted by molar-refractivity contribution is 5.50. The van der Waals surface area contributed by atoms with Crippen molar-refractivity contribution in [3.8, 4) is 0 Å². The van der Waals surface area contributed by atoms with Gasteiger partial charge in [0.1, 0.15) is 19.0 Å². The molecule has 0 aliphatic carbocycles. The lowest BCUT2D eigenvalue weighted by atomic mass is 10.4. The van der Waals surface area contributed by atoms with E-state index in [-0.39, 0.29) is 12.7 Å². The first-order chi connectivity index (χ1) is 5.35. The number of methoxy groups -OCH3 is 2. The second-order valence-electron chi connectivity index (χ2n) is 2.03. The zero-order chi connectivity index (χ0) is 8.53. The number of ether oxygens (including phenoxy) is 3. The molecule has 0 amide bonds. The molecule has 0 aromatic rings. The Morgan fingerprint density at radius 1 is 1.27 bits per heavy atom. The van der Waals surface area contributed by atoms with Gasteiger partial charge in [-0.05, 0) is 0 Å². The maximum absolute atomic E-state index is 9.91. The summed E-state index contributed by atoms with van der Waals surface area (Å²) >= 11 is 0. The maximum Gasteiger partial charge on any atom is 0.145 e. The Morgan fingerprint density at radius 2 is 1.82 bits per heavy atom. The third-order valence-corrected chi connectivity index (χ3v) is 1.11.